The van der Waals surface area contributed by atoms with E-state index in [1.165, 1.54) is 0 Å². The zero-order valence-electron chi connectivity index (χ0n) is 6.84. The molecular formula is C5H6ClF3O4S. The normalized spacial score (nSPS) is 14.9. The van der Waals surface area contributed by atoms with Gasteiger partial charge < -0.3 is 4.74 Å². The summed E-state index contributed by atoms with van der Waals surface area (Å²) in [5.41, 5.74) is 0. The van der Waals surface area contributed by atoms with Crippen LogP contribution in [0.5, 0.6) is 0 Å². The molecule has 0 heterocycles. The van der Waals surface area contributed by atoms with Crippen molar-refractivity contribution in [3.8, 4) is 0 Å². The average Bonchev–Trinajstić information content (AvgIpc) is 1.95. The number of hydrogen-bond donors (Lipinski definition) is 0. The van der Waals surface area contributed by atoms with Crippen molar-refractivity contribution in [1.82, 2.24) is 0 Å². The third kappa shape index (κ3) is 4.66. The molecule has 0 aliphatic heterocycles. The number of hydrogen-bond acceptors (Lipinski definition) is 4. The number of rotatable bonds is 3. The quantitative estimate of drug-likeness (QED) is 0.555. The lowest BCUT2D eigenvalue weighted by atomic mass is 10.2. The van der Waals surface area contributed by atoms with Gasteiger partial charge in [-0.1, -0.05) is 0 Å². The Bertz CT molecular complexity index is 309. The topological polar surface area (TPSA) is 60.4 Å². The van der Waals surface area contributed by atoms with Crippen LogP contribution in [0.2, 0.25) is 0 Å². The Balaban J connectivity index is 4.85. The molecule has 0 saturated heterocycles. The van der Waals surface area contributed by atoms with Crippen LogP contribution in [0, 0.1) is 5.92 Å². The molecule has 14 heavy (non-hydrogen) atoms. The van der Waals surface area contributed by atoms with E-state index in [1.807, 2.05) is 0 Å². The molecule has 0 aromatic heterocycles. The summed E-state index contributed by atoms with van der Waals surface area (Å²) in [6.45, 7) is 0. The van der Waals surface area contributed by atoms with Crippen LogP contribution in [0.15, 0.2) is 0 Å². The van der Waals surface area contributed by atoms with Gasteiger partial charge in [0.15, 0.2) is 5.92 Å². The minimum atomic E-state index is -4.99. The smallest absolute Gasteiger partial charge is 0.403 e. The largest absolute Gasteiger partial charge is 0.469 e. The number of carbonyl (C=O) groups excluding carboxylic acids is 1. The molecular weight excluding hydrogens is 249 g/mol. The number of carbonyl (C=O) groups is 1. The van der Waals surface area contributed by atoms with Crippen LogP contribution < -0.4 is 0 Å². The highest BCUT2D eigenvalue weighted by Gasteiger charge is 2.48. The van der Waals surface area contributed by atoms with E-state index in [9.17, 15) is 26.4 Å². The lowest BCUT2D eigenvalue weighted by Crippen LogP contribution is -2.36. The molecule has 0 saturated carbocycles. The van der Waals surface area contributed by atoms with Gasteiger partial charge in [-0.15, -0.1) is 0 Å². The lowest BCUT2D eigenvalue weighted by Gasteiger charge is -2.15. The first-order valence-corrected chi connectivity index (χ1v) is 5.62. The summed E-state index contributed by atoms with van der Waals surface area (Å²) in [6.07, 6.45) is -4.99. The van der Waals surface area contributed by atoms with Crippen molar-refractivity contribution >= 4 is 25.7 Å². The van der Waals surface area contributed by atoms with Crippen LogP contribution in [-0.4, -0.2) is 33.4 Å². The van der Waals surface area contributed by atoms with Crippen LogP contribution in [0.3, 0.4) is 0 Å². The van der Waals surface area contributed by atoms with Crippen molar-refractivity contribution in [3.63, 3.8) is 0 Å². The van der Waals surface area contributed by atoms with Gasteiger partial charge in [0.1, 0.15) is 0 Å². The number of halogens is 4. The predicted octanol–water partition coefficient (Wildman–Crippen LogP) is 0.907. The summed E-state index contributed by atoms with van der Waals surface area (Å²) >= 11 is 0. The molecule has 0 radical (unpaired) electrons. The highest BCUT2D eigenvalue weighted by atomic mass is 35.7. The van der Waals surface area contributed by atoms with Gasteiger partial charge in [0.2, 0.25) is 9.05 Å². The van der Waals surface area contributed by atoms with Crippen LogP contribution in [0.25, 0.3) is 0 Å². The van der Waals surface area contributed by atoms with E-state index < -0.39 is 32.9 Å². The van der Waals surface area contributed by atoms with Gasteiger partial charge in [-0.2, -0.15) is 13.2 Å². The van der Waals surface area contributed by atoms with Gasteiger partial charge in [-0.3, -0.25) is 4.79 Å². The van der Waals surface area contributed by atoms with Crippen molar-refractivity contribution in [3.05, 3.63) is 0 Å². The summed E-state index contributed by atoms with van der Waals surface area (Å²) < 4.78 is 60.7. The Hall–Kier alpha value is -0.500. The van der Waals surface area contributed by atoms with Gasteiger partial charge in [0.05, 0.1) is 12.9 Å². The molecule has 0 N–H and O–H groups in total. The first-order chi connectivity index (χ1) is 6.08. The second kappa shape index (κ2) is 4.35. The predicted molar refractivity (Wildman–Crippen MR) is 41.2 cm³/mol. The molecule has 0 amide bonds. The second-order valence-corrected chi connectivity index (χ2v) is 5.14. The Morgan fingerprint density at radius 1 is 1.50 bits per heavy atom. The van der Waals surface area contributed by atoms with E-state index in [2.05, 4.69) is 15.4 Å². The van der Waals surface area contributed by atoms with Crippen LogP contribution in [0.1, 0.15) is 0 Å². The van der Waals surface area contributed by atoms with Crippen molar-refractivity contribution < 1.29 is 31.1 Å². The first-order valence-electron chi connectivity index (χ1n) is 3.15. The van der Waals surface area contributed by atoms with Gasteiger partial charge in [0, 0.05) is 10.7 Å². The zero-order valence-corrected chi connectivity index (χ0v) is 8.41. The van der Waals surface area contributed by atoms with E-state index in [0.29, 0.717) is 0 Å². The second-order valence-electron chi connectivity index (χ2n) is 2.32. The Labute approximate surface area is 82.4 Å². The molecule has 4 nitrogen and oxygen atoms in total. The summed E-state index contributed by atoms with van der Waals surface area (Å²) in [4.78, 5) is 10.6. The monoisotopic (exact) mass is 254 g/mol. The van der Waals surface area contributed by atoms with Gasteiger partial charge >= 0.3 is 12.1 Å². The van der Waals surface area contributed by atoms with E-state index in [-0.39, 0.29) is 0 Å². The number of methoxy groups -OCH3 is 1. The van der Waals surface area contributed by atoms with E-state index >= 15 is 0 Å². The van der Waals surface area contributed by atoms with E-state index in [1.54, 1.807) is 0 Å². The minimum absolute atomic E-state index is 0.724. The first kappa shape index (κ1) is 13.5. The maximum Gasteiger partial charge on any atom is 0.403 e. The van der Waals surface area contributed by atoms with Crippen LogP contribution >= 0.6 is 10.7 Å². The molecule has 0 spiro atoms. The molecule has 0 bridgehead atoms. The molecule has 0 aliphatic rings. The van der Waals surface area contributed by atoms with E-state index in [4.69, 9.17) is 0 Å². The Kier molecular flexibility index (Phi) is 4.19. The highest BCUT2D eigenvalue weighted by Crippen LogP contribution is 2.29. The Morgan fingerprint density at radius 2 is 1.93 bits per heavy atom. The molecule has 0 fully saturated rings. The number of alkyl halides is 3. The zero-order chi connectivity index (χ0) is 11.6. The molecule has 0 aromatic carbocycles. The SMILES string of the molecule is COC(=O)C(CS(=O)(=O)Cl)C(F)(F)F. The fourth-order valence-corrected chi connectivity index (χ4v) is 1.74. The average molecular weight is 255 g/mol. The fraction of sp³-hybridized carbons (Fsp3) is 0.800. The van der Waals surface area contributed by atoms with Gasteiger partial charge in [-0.05, 0) is 0 Å². The van der Waals surface area contributed by atoms with Crippen molar-refractivity contribution in [1.29, 1.82) is 0 Å². The molecule has 0 aromatic rings. The summed E-state index contributed by atoms with van der Waals surface area (Å²) in [7, 11) is 0.913. The standard InChI is InChI=1S/C5H6ClF3O4S/c1-13-4(10)3(5(7,8)9)2-14(6,11)12/h3H,2H2,1H3. The van der Waals surface area contributed by atoms with Crippen molar-refractivity contribution in [2.75, 3.05) is 12.9 Å². The molecule has 0 rings (SSSR count). The molecule has 9 heteroatoms. The third-order valence-corrected chi connectivity index (χ3v) is 2.36. The summed E-state index contributed by atoms with van der Waals surface area (Å²) in [5, 5.41) is 0. The fourth-order valence-electron chi connectivity index (χ4n) is 0.637. The minimum Gasteiger partial charge on any atom is -0.469 e. The van der Waals surface area contributed by atoms with E-state index in [0.717, 1.165) is 7.11 Å². The maximum absolute atomic E-state index is 12.1. The molecule has 1 atom stereocenters. The molecule has 1 unspecified atom stereocenters. The maximum atomic E-state index is 12.1. The van der Waals surface area contributed by atoms with Crippen LogP contribution in [0.4, 0.5) is 13.2 Å². The third-order valence-electron chi connectivity index (χ3n) is 1.25. The molecule has 84 valence electrons. The lowest BCUT2D eigenvalue weighted by molar-refractivity contribution is -0.191. The van der Waals surface area contributed by atoms with Gasteiger partial charge in [-0.25, -0.2) is 8.42 Å². The van der Waals surface area contributed by atoms with Crippen molar-refractivity contribution in [2.45, 2.75) is 6.18 Å². The number of esters is 1. The van der Waals surface area contributed by atoms with Gasteiger partial charge in [0.25, 0.3) is 0 Å². The highest BCUT2D eigenvalue weighted by molar-refractivity contribution is 8.13. The summed E-state index contributed by atoms with van der Waals surface area (Å²) in [5.74, 6) is -5.94. The molecule has 0 aliphatic carbocycles. The summed E-state index contributed by atoms with van der Waals surface area (Å²) in [6, 6.07) is 0. The number of ether oxygens (including phenoxy) is 1. The van der Waals surface area contributed by atoms with Crippen molar-refractivity contribution in [2.24, 2.45) is 5.92 Å². The Morgan fingerprint density at radius 3 is 2.14 bits per heavy atom. The van der Waals surface area contributed by atoms with Crippen LogP contribution in [-0.2, 0) is 18.6 Å².